The molecular formula is C13H12BrClN2O3S2. The van der Waals surface area contributed by atoms with Crippen molar-refractivity contribution in [1.82, 2.24) is 0 Å². The van der Waals surface area contributed by atoms with Gasteiger partial charge in [-0.15, -0.1) is 11.6 Å². The minimum Gasteiger partial charge on any atom is -0.316 e. The van der Waals surface area contributed by atoms with Crippen molar-refractivity contribution in [1.29, 1.82) is 0 Å². The summed E-state index contributed by atoms with van der Waals surface area (Å²) in [4.78, 5) is 17.5. The molecule has 2 aliphatic rings. The zero-order valence-electron chi connectivity index (χ0n) is 11.3. The molecule has 9 heteroatoms. The normalized spacial score (nSPS) is 28.1. The summed E-state index contributed by atoms with van der Waals surface area (Å²) in [5, 5.41) is 0.416. The van der Waals surface area contributed by atoms with Gasteiger partial charge in [0.05, 0.1) is 17.5 Å². The average Bonchev–Trinajstić information content (AvgIpc) is 2.89. The van der Waals surface area contributed by atoms with Gasteiger partial charge in [-0.25, -0.2) is 8.42 Å². The fraction of sp³-hybridized carbons (Fsp3) is 0.385. The van der Waals surface area contributed by atoms with Crippen LogP contribution in [-0.4, -0.2) is 48.2 Å². The number of aliphatic imine (C=N–C) groups is 1. The third-order valence-corrected chi connectivity index (χ3v) is 7.42. The van der Waals surface area contributed by atoms with Crippen LogP contribution in [0.5, 0.6) is 0 Å². The molecule has 118 valence electrons. The van der Waals surface area contributed by atoms with Crippen LogP contribution in [0.1, 0.15) is 0 Å². The molecule has 2 atom stereocenters. The van der Waals surface area contributed by atoms with Crippen molar-refractivity contribution in [2.75, 3.05) is 22.3 Å². The standard InChI is InChI=1S/C13H12BrClN2O3S2/c14-8-2-1-3-9(4-8)17-10-6-22(19,20)7-11(10)21-13(17)16-12(18)5-15/h1-4,10-11H,5-7H2/t10-,11-/m1/s1. The van der Waals surface area contributed by atoms with Gasteiger partial charge in [-0.1, -0.05) is 33.8 Å². The Bertz CT molecular complexity index is 753. The van der Waals surface area contributed by atoms with Crippen LogP contribution in [0.2, 0.25) is 0 Å². The molecule has 1 aromatic carbocycles. The maximum Gasteiger partial charge on any atom is 0.262 e. The molecule has 0 spiro atoms. The van der Waals surface area contributed by atoms with Crippen LogP contribution in [0.4, 0.5) is 5.69 Å². The summed E-state index contributed by atoms with van der Waals surface area (Å²) in [7, 11) is -3.05. The number of sulfone groups is 1. The summed E-state index contributed by atoms with van der Waals surface area (Å²) < 4.78 is 24.7. The molecule has 2 fully saturated rings. The number of hydrogen-bond donors (Lipinski definition) is 0. The van der Waals surface area contributed by atoms with Crippen LogP contribution < -0.4 is 4.90 Å². The maximum atomic E-state index is 11.9. The van der Waals surface area contributed by atoms with E-state index >= 15 is 0 Å². The van der Waals surface area contributed by atoms with E-state index in [1.54, 1.807) is 0 Å². The maximum absolute atomic E-state index is 11.9. The molecule has 0 N–H and O–H groups in total. The monoisotopic (exact) mass is 422 g/mol. The first-order valence-electron chi connectivity index (χ1n) is 6.49. The van der Waals surface area contributed by atoms with E-state index < -0.39 is 15.7 Å². The van der Waals surface area contributed by atoms with Crippen molar-refractivity contribution in [2.24, 2.45) is 4.99 Å². The van der Waals surface area contributed by atoms with E-state index in [0.29, 0.717) is 5.17 Å². The number of fused-ring (bicyclic) bond motifs is 1. The first kappa shape index (κ1) is 16.3. The van der Waals surface area contributed by atoms with Gasteiger partial charge in [0.15, 0.2) is 15.0 Å². The largest absolute Gasteiger partial charge is 0.316 e. The van der Waals surface area contributed by atoms with Crippen molar-refractivity contribution in [3.8, 4) is 0 Å². The zero-order chi connectivity index (χ0) is 15.9. The Balaban J connectivity index is 2.03. The van der Waals surface area contributed by atoms with Gasteiger partial charge < -0.3 is 4.90 Å². The predicted octanol–water partition coefficient (Wildman–Crippen LogP) is 2.29. The second-order valence-electron chi connectivity index (χ2n) is 5.07. The fourth-order valence-corrected chi connectivity index (χ4v) is 7.01. The third kappa shape index (κ3) is 3.20. The molecule has 0 aromatic heterocycles. The molecule has 1 aromatic rings. The molecule has 0 unspecified atom stereocenters. The fourth-order valence-electron chi connectivity index (χ4n) is 2.63. The van der Waals surface area contributed by atoms with Gasteiger partial charge in [-0.2, -0.15) is 4.99 Å². The number of hydrogen-bond acceptors (Lipinski definition) is 4. The number of carbonyl (C=O) groups excluding carboxylic acids is 1. The molecule has 2 heterocycles. The summed E-state index contributed by atoms with van der Waals surface area (Å²) in [6.07, 6.45) is 0. The lowest BCUT2D eigenvalue weighted by atomic mass is 10.2. The van der Waals surface area contributed by atoms with Crippen LogP contribution in [0.3, 0.4) is 0 Å². The quantitative estimate of drug-likeness (QED) is 0.683. The number of rotatable bonds is 2. The summed E-state index contributed by atoms with van der Waals surface area (Å²) in [6.45, 7) is 0. The lowest BCUT2D eigenvalue weighted by Gasteiger charge is -2.24. The van der Waals surface area contributed by atoms with Crippen LogP contribution in [0, 0.1) is 0 Å². The Morgan fingerprint density at radius 3 is 2.91 bits per heavy atom. The number of benzene rings is 1. The van der Waals surface area contributed by atoms with Gasteiger partial charge in [0.1, 0.15) is 5.88 Å². The van der Waals surface area contributed by atoms with E-state index in [2.05, 4.69) is 20.9 Å². The van der Waals surface area contributed by atoms with Crippen molar-refractivity contribution >= 4 is 65.9 Å². The minimum atomic E-state index is -3.05. The van der Waals surface area contributed by atoms with Gasteiger partial charge in [-0.05, 0) is 18.2 Å². The van der Waals surface area contributed by atoms with E-state index in [9.17, 15) is 13.2 Å². The molecule has 0 aliphatic carbocycles. The molecular weight excluding hydrogens is 412 g/mol. The summed E-state index contributed by atoms with van der Waals surface area (Å²) in [5.41, 5.74) is 0.813. The number of amides is 1. The van der Waals surface area contributed by atoms with Gasteiger partial charge in [0, 0.05) is 15.4 Å². The molecule has 22 heavy (non-hydrogen) atoms. The van der Waals surface area contributed by atoms with Crippen LogP contribution >= 0.6 is 39.3 Å². The van der Waals surface area contributed by atoms with E-state index in [-0.39, 0.29) is 28.7 Å². The number of alkyl halides is 1. The van der Waals surface area contributed by atoms with Crippen molar-refractivity contribution in [3.63, 3.8) is 0 Å². The van der Waals surface area contributed by atoms with Crippen LogP contribution in [0.25, 0.3) is 0 Å². The van der Waals surface area contributed by atoms with Gasteiger partial charge in [-0.3, -0.25) is 4.79 Å². The SMILES string of the molecule is O=C(CCl)N=C1S[C@@H]2CS(=O)(=O)C[C@H]2N1c1cccc(Br)c1. The smallest absolute Gasteiger partial charge is 0.262 e. The number of thioether (sulfide) groups is 1. The molecule has 3 rings (SSSR count). The molecule has 0 bridgehead atoms. The molecule has 0 saturated carbocycles. The average molecular weight is 424 g/mol. The zero-order valence-corrected chi connectivity index (χ0v) is 15.3. The summed E-state index contributed by atoms with van der Waals surface area (Å²) in [5.74, 6) is -0.428. The highest BCUT2D eigenvalue weighted by Crippen LogP contribution is 2.41. The Morgan fingerprint density at radius 2 is 2.23 bits per heavy atom. The minimum absolute atomic E-state index is 0.0747. The number of halogens is 2. The number of carbonyl (C=O) groups is 1. The van der Waals surface area contributed by atoms with E-state index in [1.807, 2.05) is 29.2 Å². The van der Waals surface area contributed by atoms with Crippen LogP contribution in [-0.2, 0) is 14.6 Å². The summed E-state index contributed by atoms with van der Waals surface area (Å²) in [6, 6.07) is 7.30. The molecule has 5 nitrogen and oxygen atoms in total. The highest BCUT2D eigenvalue weighted by molar-refractivity contribution is 9.10. The van der Waals surface area contributed by atoms with Gasteiger partial charge >= 0.3 is 0 Å². The summed E-state index contributed by atoms with van der Waals surface area (Å²) >= 11 is 10.3. The predicted molar refractivity (Wildman–Crippen MR) is 93.6 cm³/mol. The second kappa shape index (κ2) is 6.14. The Kier molecular flexibility index (Phi) is 4.55. The molecule has 1 amide bonds. The Morgan fingerprint density at radius 1 is 1.45 bits per heavy atom. The number of anilines is 1. The molecule has 2 saturated heterocycles. The highest BCUT2D eigenvalue weighted by atomic mass is 79.9. The van der Waals surface area contributed by atoms with Crippen molar-refractivity contribution in [3.05, 3.63) is 28.7 Å². The van der Waals surface area contributed by atoms with Crippen LogP contribution in [0.15, 0.2) is 33.7 Å². The first-order valence-corrected chi connectivity index (χ1v) is 10.5. The van der Waals surface area contributed by atoms with Crippen molar-refractivity contribution in [2.45, 2.75) is 11.3 Å². The van der Waals surface area contributed by atoms with E-state index in [1.165, 1.54) is 11.8 Å². The topological polar surface area (TPSA) is 66.8 Å². The molecule has 2 aliphatic heterocycles. The Labute approximate surface area is 146 Å². The van der Waals surface area contributed by atoms with E-state index in [0.717, 1.165) is 10.2 Å². The Hall–Kier alpha value is -0.570. The number of nitrogens with zero attached hydrogens (tertiary/aromatic N) is 2. The second-order valence-corrected chi connectivity index (χ2v) is 9.62. The lowest BCUT2D eigenvalue weighted by molar-refractivity contribution is -0.115. The first-order chi connectivity index (χ1) is 10.4. The number of amidine groups is 1. The molecule has 0 radical (unpaired) electrons. The van der Waals surface area contributed by atoms with Gasteiger partial charge in [0.2, 0.25) is 0 Å². The highest BCUT2D eigenvalue weighted by Gasteiger charge is 2.49. The lowest BCUT2D eigenvalue weighted by Crippen LogP contribution is -2.37. The van der Waals surface area contributed by atoms with Crippen molar-refractivity contribution < 1.29 is 13.2 Å². The third-order valence-electron chi connectivity index (χ3n) is 3.49. The van der Waals surface area contributed by atoms with Gasteiger partial charge in [0.25, 0.3) is 5.91 Å². The van der Waals surface area contributed by atoms with E-state index in [4.69, 9.17) is 11.6 Å².